The smallest absolute Gasteiger partial charge is 0.237 e. The van der Waals surface area contributed by atoms with Crippen molar-refractivity contribution in [1.29, 1.82) is 0 Å². The quantitative estimate of drug-likeness (QED) is 0.857. The third-order valence-corrected chi connectivity index (χ3v) is 3.38. The first-order valence-electron chi connectivity index (χ1n) is 6.73. The molecule has 0 aromatic heterocycles. The van der Waals surface area contributed by atoms with Crippen LogP contribution < -0.4 is 10.6 Å². The fourth-order valence-corrected chi connectivity index (χ4v) is 2.56. The zero-order chi connectivity index (χ0) is 13.0. The fraction of sp³-hybridized carbons (Fsp3) is 0.533. The van der Waals surface area contributed by atoms with Gasteiger partial charge in [-0.2, -0.15) is 0 Å². The maximum Gasteiger partial charge on any atom is 0.237 e. The Morgan fingerprint density at radius 3 is 2.61 bits per heavy atom. The van der Waals surface area contributed by atoms with Gasteiger partial charge in [0.15, 0.2) is 0 Å². The maximum atomic E-state index is 12.0. The molecule has 1 atom stereocenters. The van der Waals surface area contributed by atoms with Crippen molar-refractivity contribution in [2.45, 2.75) is 45.7 Å². The summed E-state index contributed by atoms with van der Waals surface area (Å²) in [7, 11) is 0. The van der Waals surface area contributed by atoms with E-state index in [9.17, 15) is 4.79 Å². The molecule has 98 valence electrons. The molecule has 1 saturated heterocycles. The van der Waals surface area contributed by atoms with Crippen LogP contribution in [0.2, 0.25) is 0 Å². The molecule has 1 aliphatic rings. The van der Waals surface area contributed by atoms with Gasteiger partial charge in [0, 0.05) is 6.54 Å². The van der Waals surface area contributed by atoms with E-state index < -0.39 is 0 Å². The molecule has 1 aromatic rings. The lowest BCUT2D eigenvalue weighted by atomic mass is 10.0. The Hall–Kier alpha value is -1.35. The van der Waals surface area contributed by atoms with E-state index in [0.717, 1.165) is 19.4 Å². The summed E-state index contributed by atoms with van der Waals surface area (Å²) in [5.41, 5.74) is 3.67. The van der Waals surface area contributed by atoms with Gasteiger partial charge in [-0.25, -0.2) is 0 Å². The molecule has 0 aliphatic carbocycles. The number of hydrogen-bond donors (Lipinski definition) is 2. The van der Waals surface area contributed by atoms with Crippen LogP contribution in [0.4, 0.5) is 0 Å². The van der Waals surface area contributed by atoms with Gasteiger partial charge in [-0.05, 0) is 38.8 Å². The van der Waals surface area contributed by atoms with Crippen LogP contribution in [0.15, 0.2) is 18.2 Å². The van der Waals surface area contributed by atoms with Crippen molar-refractivity contribution in [1.82, 2.24) is 10.6 Å². The van der Waals surface area contributed by atoms with E-state index in [-0.39, 0.29) is 11.9 Å². The number of amides is 1. The Bertz CT molecular complexity index is 402. The van der Waals surface area contributed by atoms with Crippen LogP contribution in [-0.4, -0.2) is 18.5 Å². The molecule has 0 spiro atoms. The predicted molar refractivity (Wildman–Crippen MR) is 73.4 cm³/mol. The Morgan fingerprint density at radius 2 is 2.00 bits per heavy atom. The molecule has 1 aliphatic heterocycles. The monoisotopic (exact) mass is 246 g/mol. The lowest BCUT2D eigenvalue weighted by Gasteiger charge is -2.22. The summed E-state index contributed by atoms with van der Waals surface area (Å²) in [6.45, 7) is 5.75. The molecule has 1 fully saturated rings. The van der Waals surface area contributed by atoms with Crippen molar-refractivity contribution in [3.63, 3.8) is 0 Å². The molecule has 1 aromatic carbocycles. The van der Waals surface area contributed by atoms with Crippen LogP contribution in [0.5, 0.6) is 0 Å². The van der Waals surface area contributed by atoms with E-state index in [1.54, 1.807) is 0 Å². The van der Waals surface area contributed by atoms with E-state index in [0.29, 0.717) is 6.54 Å². The van der Waals surface area contributed by atoms with Gasteiger partial charge in [0.05, 0.1) is 6.04 Å². The van der Waals surface area contributed by atoms with Crippen molar-refractivity contribution >= 4 is 5.91 Å². The average Bonchev–Trinajstić information content (AvgIpc) is 2.36. The van der Waals surface area contributed by atoms with Gasteiger partial charge in [0.1, 0.15) is 0 Å². The molecule has 2 rings (SSSR count). The molecule has 3 nitrogen and oxygen atoms in total. The van der Waals surface area contributed by atoms with Crippen molar-refractivity contribution < 1.29 is 4.79 Å². The van der Waals surface area contributed by atoms with E-state index in [2.05, 4.69) is 42.7 Å². The summed E-state index contributed by atoms with van der Waals surface area (Å²) in [5.74, 6) is 0.133. The van der Waals surface area contributed by atoms with Crippen molar-refractivity contribution in [2.24, 2.45) is 0 Å². The lowest BCUT2D eigenvalue weighted by molar-refractivity contribution is -0.123. The zero-order valence-corrected chi connectivity index (χ0v) is 11.3. The first-order valence-corrected chi connectivity index (χ1v) is 6.73. The molecule has 2 N–H and O–H groups in total. The van der Waals surface area contributed by atoms with Crippen LogP contribution in [-0.2, 0) is 11.3 Å². The summed E-state index contributed by atoms with van der Waals surface area (Å²) >= 11 is 0. The second-order valence-electron chi connectivity index (χ2n) is 5.22. The highest BCUT2D eigenvalue weighted by atomic mass is 16.2. The highest BCUT2D eigenvalue weighted by Crippen LogP contribution is 2.10. The maximum absolute atomic E-state index is 12.0. The highest BCUT2D eigenvalue weighted by Gasteiger charge is 2.19. The minimum absolute atomic E-state index is 0.00431. The number of rotatable bonds is 3. The van der Waals surface area contributed by atoms with E-state index in [4.69, 9.17) is 0 Å². The third-order valence-electron chi connectivity index (χ3n) is 3.38. The zero-order valence-electron chi connectivity index (χ0n) is 11.3. The molecule has 0 saturated carbocycles. The second kappa shape index (κ2) is 6.01. The molecular weight excluding hydrogens is 224 g/mol. The molecule has 1 amide bonds. The Balaban J connectivity index is 1.88. The second-order valence-corrected chi connectivity index (χ2v) is 5.22. The van der Waals surface area contributed by atoms with Gasteiger partial charge < -0.3 is 10.6 Å². The average molecular weight is 246 g/mol. The molecular formula is C15H22N2O. The Kier molecular flexibility index (Phi) is 4.37. The summed E-state index contributed by atoms with van der Waals surface area (Å²) in [6, 6.07) is 6.40. The first-order chi connectivity index (χ1) is 8.65. The highest BCUT2D eigenvalue weighted by molar-refractivity contribution is 5.81. The first kappa shape index (κ1) is 13.1. The van der Waals surface area contributed by atoms with Crippen LogP contribution in [0.1, 0.15) is 36.0 Å². The topological polar surface area (TPSA) is 41.1 Å². The van der Waals surface area contributed by atoms with Crippen molar-refractivity contribution in [2.75, 3.05) is 6.54 Å². The minimum atomic E-state index is 0.00431. The molecule has 0 radical (unpaired) electrons. The summed E-state index contributed by atoms with van der Waals surface area (Å²) in [6.07, 6.45) is 3.29. The van der Waals surface area contributed by atoms with E-state index in [1.807, 2.05) is 0 Å². The molecule has 3 heteroatoms. The largest absolute Gasteiger partial charge is 0.351 e. The molecule has 1 heterocycles. The predicted octanol–water partition coefficient (Wildman–Crippen LogP) is 2.06. The number of benzene rings is 1. The van der Waals surface area contributed by atoms with Gasteiger partial charge in [0.2, 0.25) is 5.91 Å². The van der Waals surface area contributed by atoms with Gasteiger partial charge in [-0.15, -0.1) is 0 Å². The fourth-order valence-electron chi connectivity index (χ4n) is 2.56. The SMILES string of the molecule is Cc1cc(C)cc(CNC(=O)[C@@H]2CCCCN2)c1. The normalized spacial score (nSPS) is 19.6. The van der Waals surface area contributed by atoms with Gasteiger partial charge >= 0.3 is 0 Å². The van der Waals surface area contributed by atoms with Gasteiger partial charge in [-0.1, -0.05) is 35.7 Å². The standard InChI is InChI=1S/C15H22N2O/c1-11-7-12(2)9-13(8-11)10-17-15(18)14-5-3-4-6-16-14/h7-9,14,16H,3-6,10H2,1-2H3,(H,17,18)/t14-/m0/s1. The lowest BCUT2D eigenvalue weighted by Crippen LogP contribution is -2.46. The van der Waals surface area contributed by atoms with Crippen LogP contribution >= 0.6 is 0 Å². The number of carbonyl (C=O) groups is 1. The molecule has 18 heavy (non-hydrogen) atoms. The van der Waals surface area contributed by atoms with Crippen molar-refractivity contribution in [3.05, 3.63) is 34.9 Å². The van der Waals surface area contributed by atoms with Crippen LogP contribution in [0.3, 0.4) is 0 Å². The van der Waals surface area contributed by atoms with Crippen LogP contribution in [0, 0.1) is 13.8 Å². The van der Waals surface area contributed by atoms with Crippen LogP contribution in [0.25, 0.3) is 0 Å². The summed E-state index contributed by atoms with van der Waals surface area (Å²) in [5, 5.41) is 6.29. The number of nitrogens with one attached hydrogen (secondary N) is 2. The Labute approximate surface area is 109 Å². The summed E-state index contributed by atoms with van der Waals surface area (Å²) < 4.78 is 0. The van der Waals surface area contributed by atoms with E-state index >= 15 is 0 Å². The minimum Gasteiger partial charge on any atom is -0.351 e. The van der Waals surface area contributed by atoms with Crippen molar-refractivity contribution in [3.8, 4) is 0 Å². The van der Waals surface area contributed by atoms with Gasteiger partial charge in [-0.3, -0.25) is 4.79 Å². The number of carbonyl (C=O) groups excluding carboxylic acids is 1. The molecule has 0 bridgehead atoms. The number of aryl methyl sites for hydroxylation is 2. The van der Waals surface area contributed by atoms with E-state index in [1.165, 1.54) is 23.1 Å². The Morgan fingerprint density at radius 1 is 1.28 bits per heavy atom. The van der Waals surface area contributed by atoms with Gasteiger partial charge in [0.25, 0.3) is 0 Å². The molecule has 0 unspecified atom stereocenters. The third kappa shape index (κ3) is 3.57. The number of piperidine rings is 1. The summed E-state index contributed by atoms with van der Waals surface area (Å²) in [4.78, 5) is 12.0. The number of hydrogen-bond acceptors (Lipinski definition) is 2.